The number of fused-ring (bicyclic) bond motifs is 1. The molecule has 0 radical (unpaired) electrons. The summed E-state index contributed by atoms with van der Waals surface area (Å²) in [6.07, 6.45) is 3.50. The van der Waals surface area contributed by atoms with Crippen molar-refractivity contribution in [2.75, 3.05) is 13.6 Å². The van der Waals surface area contributed by atoms with E-state index in [0.29, 0.717) is 18.1 Å². The molecular weight excluding hydrogens is 260 g/mol. The molecule has 1 aromatic carbocycles. The molecule has 2 heterocycles. The summed E-state index contributed by atoms with van der Waals surface area (Å²) in [5.41, 5.74) is 1.23. The Bertz CT molecular complexity index is 500. The highest BCUT2D eigenvalue weighted by atomic mass is 16.5. The van der Waals surface area contributed by atoms with Gasteiger partial charge in [-0.2, -0.15) is 0 Å². The van der Waals surface area contributed by atoms with Crippen LogP contribution in [0, 0.1) is 0 Å². The van der Waals surface area contributed by atoms with Crippen molar-refractivity contribution in [2.24, 2.45) is 0 Å². The van der Waals surface area contributed by atoms with E-state index in [1.54, 1.807) is 0 Å². The number of benzene rings is 1. The van der Waals surface area contributed by atoms with E-state index in [2.05, 4.69) is 62.3 Å². The second kappa shape index (κ2) is 5.62. The number of hydrogen-bond acceptors (Lipinski definition) is 3. The lowest BCUT2D eigenvalue weighted by Gasteiger charge is -2.42. The van der Waals surface area contributed by atoms with Crippen LogP contribution in [-0.4, -0.2) is 36.2 Å². The van der Waals surface area contributed by atoms with E-state index >= 15 is 0 Å². The number of piperidine rings is 1. The first-order valence-corrected chi connectivity index (χ1v) is 8.19. The van der Waals surface area contributed by atoms with Gasteiger partial charge in [0.05, 0.1) is 0 Å². The van der Waals surface area contributed by atoms with Gasteiger partial charge in [0.1, 0.15) is 11.4 Å². The van der Waals surface area contributed by atoms with Crippen LogP contribution in [0.15, 0.2) is 24.3 Å². The van der Waals surface area contributed by atoms with Crippen molar-refractivity contribution in [3.8, 4) is 5.75 Å². The standard InChI is InChI=1S/C18H28N2O/c1-13-11-14(9-10-20(13)4)19-16-12-18(2,3)21-17-8-6-5-7-15(16)17/h5-8,13-14,16,19H,9-12H2,1-4H3. The molecule has 2 aliphatic rings. The summed E-state index contributed by atoms with van der Waals surface area (Å²) in [5.74, 6) is 1.05. The Morgan fingerprint density at radius 3 is 2.81 bits per heavy atom. The van der Waals surface area contributed by atoms with Gasteiger partial charge in [-0.1, -0.05) is 18.2 Å². The van der Waals surface area contributed by atoms with Crippen LogP contribution in [0.4, 0.5) is 0 Å². The van der Waals surface area contributed by atoms with Crippen LogP contribution in [0.25, 0.3) is 0 Å². The molecule has 1 aromatic rings. The van der Waals surface area contributed by atoms with Gasteiger partial charge in [0, 0.05) is 30.1 Å². The SMILES string of the molecule is CC1CC(NC2CC(C)(C)Oc3ccccc32)CCN1C. The molecule has 1 N–H and O–H groups in total. The molecule has 3 rings (SSSR count). The Morgan fingerprint density at radius 2 is 2.05 bits per heavy atom. The van der Waals surface area contributed by atoms with Crippen LogP contribution in [-0.2, 0) is 0 Å². The molecule has 1 saturated heterocycles. The van der Waals surface area contributed by atoms with Crippen LogP contribution in [0.1, 0.15) is 51.6 Å². The van der Waals surface area contributed by atoms with Crippen molar-refractivity contribution in [2.45, 2.75) is 63.8 Å². The third-order valence-corrected chi connectivity index (χ3v) is 5.02. The first-order chi connectivity index (χ1) is 9.94. The number of para-hydroxylation sites is 1. The smallest absolute Gasteiger partial charge is 0.124 e. The predicted molar refractivity (Wildman–Crippen MR) is 86.8 cm³/mol. The number of rotatable bonds is 2. The molecule has 0 aliphatic carbocycles. The van der Waals surface area contributed by atoms with Crippen molar-refractivity contribution >= 4 is 0 Å². The minimum Gasteiger partial charge on any atom is -0.487 e. The molecule has 3 unspecified atom stereocenters. The number of likely N-dealkylation sites (tertiary alicyclic amines) is 1. The van der Waals surface area contributed by atoms with E-state index in [0.717, 1.165) is 12.2 Å². The zero-order chi connectivity index (χ0) is 15.0. The maximum absolute atomic E-state index is 6.13. The fourth-order valence-corrected chi connectivity index (χ4v) is 3.68. The Hall–Kier alpha value is -1.06. The summed E-state index contributed by atoms with van der Waals surface area (Å²) < 4.78 is 6.13. The Labute approximate surface area is 128 Å². The quantitative estimate of drug-likeness (QED) is 0.903. The average Bonchev–Trinajstić information content (AvgIpc) is 2.42. The summed E-state index contributed by atoms with van der Waals surface area (Å²) in [4.78, 5) is 2.46. The molecule has 0 amide bonds. The molecule has 3 heteroatoms. The van der Waals surface area contributed by atoms with Crippen LogP contribution < -0.4 is 10.1 Å². The van der Waals surface area contributed by atoms with E-state index in [9.17, 15) is 0 Å². The van der Waals surface area contributed by atoms with Crippen LogP contribution in [0.5, 0.6) is 5.75 Å². The van der Waals surface area contributed by atoms with E-state index in [4.69, 9.17) is 4.74 Å². The van der Waals surface area contributed by atoms with Gasteiger partial charge in [-0.25, -0.2) is 0 Å². The Kier molecular flexibility index (Phi) is 3.98. The molecule has 3 atom stereocenters. The molecular formula is C18H28N2O. The van der Waals surface area contributed by atoms with Crippen molar-refractivity contribution in [1.29, 1.82) is 0 Å². The van der Waals surface area contributed by atoms with Crippen molar-refractivity contribution in [1.82, 2.24) is 10.2 Å². The maximum atomic E-state index is 6.13. The van der Waals surface area contributed by atoms with Gasteiger partial charge in [0.25, 0.3) is 0 Å². The molecule has 0 aromatic heterocycles. The third-order valence-electron chi connectivity index (χ3n) is 5.02. The monoisotopic (exact) mass is 288 g/mol. The highest BCUT2D eigenvalue weighted by Crippen LogP contribution is 2.39. The summed E-state index contributed by atoms with van der Waals surface area (Å²) in [6, 6.07) is 10.2. The molecule has 3 nitrogen and oxygen atoms in total. The molecule has 1 fully saturated rings. The molecule has 21 heavy (non-hydrogen) atoms. The highest BCUT2D eigenvalue weighted by Gasteiger charge is 2.35. The van der Waals surface area contributed by atoms with Gasteiger partial charge < -0.3 is 15.0 Å². The number of ether oxygens (including phenoxy) is 1. The van der Waals surface area contributed by atoms with Gasteiger partial charge in [-0.15, -0.1) is 0 Å². The van der Waals surface area contributed by atoms with Gasteiger partial charge >= 0.3 is 0 Å². The first-order valence-electron chi connectivity index (χ1n) is 8.19. The van der Waals surface area contributed by atoms with Crippen LogP contribution in [0.2, 0.25) is 0 Å². The molecule has 2 aliphatic heterocycles. The Balaban J connectivity index is 1.76. The van der Waals surface area contributed by atoms with Gasteiger partial charge in [-0.05, 0) is 53.3 Å². The van der Waals surface area contributed by atoms with E-state index in [-0.39, 0.29) is 5.60 Å². The zero-order valence-electron chi connectivity index (χ0n) is 13.7. The molecule has 116 valence electrons. The third kappa shape index (κ3) is 3.24. The van der Waals surface area contributed by atoms with Gasteiger partial charge in [0.2, 0.25) is 0 Å². The lowest BCUT2D eigenvalue weighted by atomic mass is 9.88. The zero-order valence-corrected chi connectivity index (χ0v) is 13.7. The summed E-state index contributed by atoms with van der Waals surface area (Å²) in [5, 5.41) is 3.91. The second-order valence-corrected chi connectivity index (χ2v) is 7.37. The first kappa shape index (κ1) is 14.9. The maximum Gasteiger partial charge on any atom is 0.124 e. The average molecular weight is 288 g/mol. The largest absolute Gasteiger partial charge is 0.487 e. The Morgan fingerprint density at radius 1 is 1.29 bits per heavy atom. The topological polar surface area (TPSA) is 24.5 Å². The lowest BCUT2D eigenvalue weighted by molar-refractivity contribution is 0.0590. The van der Waals surface area contributed by atoms with E-state index in [1.165, 1.54) is 24.9 Å². The number of hydrogen-bond donors (Lipinski definition) is 1. The van der Waals surface area contributed by atoms with E-state index in [1.807, 2.05) is 0 Å². The molecule has 0 saturated carbocycles. The van der Waals surface area contributed by atoms with Gasteiger partial charge in [0.15, 0.2) is 0 Å². The molecule has 0 spiro atoms. The van der Waals surface area contributed by atoms with Gasteiger partial charge in [-0.3, -0.25) is 0 Å². The van der Waals surface area contributed by atoms with Crippen LogP contribution >= 0.6 is 0 Å². The highest BCUT2D eigenvalue weighted by molar-refractivity contribution is 5.38. The summed E-state index contributed by atoms with van der Waals surface area (Å²) in [7, 11) is 2.23. The fourth-order valence-electron chi connectivity index (χ4n) is 3.68. The molecule has 0 bridgehead atoms. The van der Waals surface area contributed by atoms with Crippen LogP contribution in [0.3, 0.4) is 0 Å². The summed E-state index contributed by atoms with van der Waals surface area (Å²) >= 11 is 0. The van der Waals surface area contributed by atoms with Crippen molar-refractivity contribution < 1.29 is 4.74 Å². The normalized spacial score (nSPS) is 32.3. The summed E-state index contributed by atoms with van der Waals surface area (Å²) in [6.45, 7) is 7.90. The predicted octanol–water partition coefficient (Wildman–Crippen LogP) is 3.36. The number of nitrogens with one attached hydrogen (secondary N) is 1. The van der Waals surface area contributed by atoms with E-state index < -0.39 is 0 Å². The minimum atomic E-state index is -0.0942. The lowest BCUT2D eigenvalue weighted by Crippen LogP contribution is -2.48. The van der Waals surface area contributed by atoms with Crippen molar-refractivity contribution in [3.63, 3.8) is 0 Å². The number of nitrogens with zero attached hydrogens (tertiary/aromatic N) is 1. The minimum absolute atomic E-state index is 0.0942. The fraction of sp³-hybridized carbons (Fsp3) is 0.667. The van der Waals surface area contributed by atoms with Crippen molar-refractivity contribution in [3.05, 3.63) is 29.8 Å². The second-order valence-electron chi connectivity index (χ2n) is 7.37.